The zero-order chi connectivity index (χ0) is 11.1. The average Bonchev–Trinajstić information content (AvgIpc) is 2.27. The predicted octanol–water partition coefficient (Wildman–Crippen LogP) is 2.68. The second-order valence-corrected chi connectivity index (χ2v) is 3.06. The minimum absolute atomic E-state index is 0.0389. The Hall–Kier alpha value is -1.75. The maximum Gasteiger partial charge on any atom is 0.167 e. The highest BCUT2D eigenvalue weighted by molar-refractivity contribution is 5.98. The Labute approximate surface area is 90.3 Å². The minimum atomic E-state index is 0.0389. The number of Topliss-reactive ketones (excluding diaryl/α,β-unsaturated/α-hetero) is 1. The van der Waals surface area contributed by atoms with Crippen LogP contribution in [-0.4, -0.2) is 12.4 Å². The van der Waals surface area contributed by atoms with Crippen LogP contribution in [0.25, 0.3) is 0 Å². The van der Waals surface area contributed by atoms with Crippen LogP contribution >= 0.6 is 0 Å². The van der Waals surface area contributed by atoms with E-state index in [1.54, 1.807) is 12.1 Å². The Morgan fingerprint density at radius 2 is 2.20 bits per heavy atom. The lowest BCUT2D eigenvalue weighted by Crippen LogP contribution is -2.03. The molecule has 0 aliphatic heterocycles. The van der Waals surface area contributed by atoms with Crippen LogP contribution in [0, 0.1) is 12.3 Å². The summed E-state index contributed by atoms with van der Waals surface area (Å²) in [4.78, 5) is 11.7. The van der Waals surface area contributed by atoms with Gasteiger partial charge in [0, 0.05) is 12.8 Å². The van der Waals surface area contributed by atoms with Crippen LogP contribution in [0.15, 0.2) is 24.3 Å². The van der Waals surface area contributed by atoms with Crippen molar-refractivity contribution >= 4 is 5.78 Å². The molecule has 2 heteroatoms. The molecule has 15 heavy (non-hydrogen) atoms. The second-order valence-electron chi connectivity index (χ2n) is 3.06. The summed E-state index contributed by atoms with van der Waals surface area (Å²) in [6.07, 6.45) is 5.97. The molecule has 0 aromatic heterocycles. The van der Waals surface area contributed by atoms with Crippen molar-refractivity contribution in [2.24, 2.45) is 0 Å². The Balaban J connectivity index is 2.83. The van der Waals surface area contributed by atoms with Crippen LogP contribution in [0.3, 0.4) is 0 Å². The van der Waals surface area contributed by atoms with E-state index in [4.69, 9.17) is 11.2 Å². The molecule has 2 nitrogen and oxygen atoms in total. The van der Waals surface area contributed by atoms with Gasteiger partial charge in [0.05, 0.1) is 12.2 Å². The standard InChI is InChI=1S/C13H14O2/c1-3-5-9-12(14)11-8-6-7-10-13(11)15-4-2/h1,6-8,10H,4-5,9H2,2H3. The van der Waals surface area contributed by atoms with E-state index in [-0.39, 0.29) is 5.78 Å². The normalized spacial score (nSPS) is 9.33. The first-order valence-electron chi connectivity index (χ1n) is 4.98. The smallest absolute Gasteiger partial charge is 0.167 e. The number of carbonyl (C=O) groups is 1. The first-order valence-corrected chi connectivity index (χ1v) is 4.98. The molecule has 0 aliphatic carbocycles. The molecular weight excluding hydrogens is 188 g/mol. The number of benzene rings is 1. The molecule has 0 radical (unpaired) electrons. The highest BCUT2D eigenvalue weighted by atomic mass is 16.5. The van der Waals surface area contributed by atoms with Crippen LogP contribution in [-0.2, 0) is 0 Å². The fourth-order valence-electron chi connectivity index (χ4n) is 1.30. The van der Waals surface area contributed by atoms with Crippen LogP contribution in [0.4, 0.5) is 0 Å². The monoisotopic (exact) mass is 202 g/mol. The van der Waals surface area contributed by atoms with E-state index in [1.165, 1.54) is 0 Å². The molecule has 0 unspecified atom stereocenters. The van der Waals surface area contributed by atoms with Gasteiger partial charge in [-0.15, -0.1) is 12.3 Å². The van der Waals surface area contributed by atoms with E-state index in [1.807, 2.05) is 19.1 Å². The molecule has 0 amide bonds. The molecule has 0 spiro atoms. The Morgan fingerprint density at radius 1 is 1.47 bits per heavy atom. The minimum Gasteiger partial charge on any atom is -0.493 e. The van der Waals surface area contributed by atoms with E-state index in [9.17, 15) is 4.79 Å². The molecule has 0 saturated carbocycles. The van der Waals surface area contributed by atoms with E-state index in [2.05, 4.69) is 5.92 Å². The molecule has 0 atom stereocenters. The van der Waals surface area contributed by atoms with Gasteiger partial charge in [-0.3, -0.25) is 4.79 Å². The fraction of sp³-hybridized carbons (Fsp3) is 0.308. The van der Waals surface area contributed by atoms with Gasteiger partial charge in [0.25, 0.3) is 0 Å². The lowest BCUT2D eigenvalue weighted by Gasteiger charge is -2.07. The lowest BCUT2D eigenvalue weighted by molar-refractivity contribution is 0.0980. The van der Waals surface area contributed by atoms with Gasteiger partial charge < -0.3 is 4.74 Å². The third kappa shape index (κ3) is 3.14. The Kier molecular flexibility index (Phi) is 4.43. The first-order chi connectivity index (χ1) is 7.29. The summed E-state index contributed by atoms with van der Waals surface area (Å²) in [6.45, 7) is 2.45. The lowest BCUT2D eigenvalue weighted by atomic mass is 10.1. The molecule has 1 aromatic carbocycles. The van der Waals surface area contributed by atoms with Gasteiger partial charge in [0.15, 0.2) is 5.78 Å². The van der Waals surface area contributed by atoms with Crippen molar-refractivity contribution in [3.05, 3.63) is 29.8 Å². The molecular formula is C13H14O2. The quantitative estimate of drug-likeness (QED) is 0.542. The highest BCUT2D eigenvalue weighted by Crippen LogP contribution is 2.19. The predicted molar refractivity (Wildman–Crippen MR) is 60.0 cm³/mol. The van der Waals surface area contributed by atoms with Gasteiger partial charge >= 0.3 is 0 Å². The summed E-state index contributed by atoms with van der Waals surface area (Å²) < 4.78 is 5.37. The molecule has 0 saturated heterocycles. The summed E-state index contributed by atoms with van der Waals surface area (Å²) in [6, 6.07) is 7.24. The zero-order valence-corrected chi connectivity index (χ0v) is 8.82. The van der Waals surface area contributed by atoms with Crippen molar-refractivity contribution in [3.63, 3.8) is 0 Å². The summed E-state index contributed by atoms with van der Waals surface area (Å²) in [5.74, 6) is 3.14. The first kappa shape index (κ1) is 11.3. The van der Waals surface area contributed by atoms with Gasteiger partial charge in [0.1, 0.15) is 5.75 Å². The zero-order valence-electron chi connectivity index (χ0n) is 8.82. The van der Waals surface area contributed by atoms with Gasteiger partial charge in [-0.2, -0.15) is 0 Å². The van der Waals surface area contributed by atoms with Crippen molar-refractivity contribution < 1.29 is 9.53 Å². The SMILES string of the molecule is C#CCCC(=O)c1ccccc1OCC. The molecule has 0 fully saturated rings. The van der Waals surface area contributed by atoms with E-state index in [0.717, 1.165) is 0 Å². The summed E-state index contributed by atoms with van der Waals surface area (Å²) in [7, 11) is 0. The summed E-state index contributed by atoms with van der Waals surface area (Å²) >= 11 is 0. The summed E-state index contributed by atoms with van der Waals surface area (Å²) in [5, 5.41) is 0. The van der Waals surface area contributed by atoms with Crippen LogP contribution < -0.4 is 4.74 Å². The van der Waals surface area contributed by atoms with E-state index >= 15 is 0 Å². The average molecular weight is 202 g/mol. The molecule has 1 aromatic rings. The molecule has 0 heterocycles. The molecule has 78 valence electrons. The topological polar surface area (TPSA) is 26.3 Å². The number of ether oxygens (including phenoxy) is 1. The highest BCUT2D eigenvalue weighted by Gasteiger charge is 2.10. The molecule has 0 N–H and O–H groups in total. The van der Waals surface area contributed by atoms with Gasteiger partial charge in [-0.05, 0) is 19.1 Å². The molecule has 0 bridgehead atoms. The number of rotatable bonds is 5. The third-order valence-corrected chi connectivity index (χ3v) is 1.98. The van der Waals surface area contributed by atoms with Crippen LogP contribution in [0.1, 0.15) is 30.1 Å². The number of terminal acetylenes is 1. The van der Waals surface area contributed by atoms with E-state index < -0.39 is 0 Å². The fourth-order valence-corrected chi connectivity index (χ4v) is 1.30. The van der Waals surface area contributed by atoms with E-state index in [0.29, 0.717) is 30.8 Å². The van der Waals surface area contributed by atoms with Crippen molar-refractivity contribution in [1.82, 2.24) is 0 Å². The van der Waals surface area contributed by atoms with Crippen molar-refractivity contribution in [3.8, 4) is 18.1 Å². The largest absolute Gasteiger partial charge is 0.493 e. The van der Waals surface area contributed by atoms with Gasteiger partial charge in [-0.1, -0.05) is 12.1 Å². The third-order valence-electron chi connectivity index (χ3n) is 1.98. The van der Waals surface area contributed by atoms with Crippen molar-refractivity contribution in [1.29, 1.82) is 0 Å². The summed E-state index contributed by atoms with van der Waals surface area (Å²) in [5.41, 5.74) is 0.620. The molecule has 1 rings (SSSR count). The maximum absolute atomic E-state index is 11.7. The Bertz CT molecular complexity index is 374. The molecule has 0 aliphatic rings. The number of hydrogen-bond donors (Lipinski definition) is 0. The number of para-hydroxylation sites is 1. The van der Waals surface area contributed by atoms with Gasteiger partial charge in [0.2, 0.25) is 0 Å². The second kappa shape index (κ2) is 5.87. The maximum atomic E-state index is 11.7. The Morgan fingerprint density at radius 3 is 2.87 bits per heavy atom. The number of carbonyl (C=O) groups excluding carboxylic acids is 1. The van der Waals surface area contributed by atoms with Gasteiger partial charge in [-0.25, -0.2) is 0 Å². The van der Waals surface area contributed by atoms with Crippen molar-refractivity contribution in [2.75, 3.05) is 6.61 Å². The van der Waals surface area contributed by atoms with Crippen molar-refractivity contribution in [2.45, 2.75) is 19.8 Å². The van der Waals surface area contributed by atoms with Crippen LogP contribution in [0.5, 0.6) is 5.75 Å². The number of hydrogen-bond acceptors (Lipinski definition) is 2. The van der Waals surface area contributed by atoms with Crippen LogP contribution in [0.2, 0.25) is 0 Å². The number of ketones is 1.